The molecule has 0 unspecified atom stereocenters. The monoisotopic (exact) mass is 629 g/mol. The summed E-state index contributed by atoms with van der Waals surface area (Å²) in [6, 6.07) is 21.3. The number of rotatable bonds is 6. The molecule has 0 saturated carbocycles. The van der Waals surface area contributed by atoms with Crippen LogP contribution in [0.3, 0.4) is 0 Å². The predicted octanol–water partition coefficient (Wildman–Crippen LogP) is 7.55. The summed E-state index contributed by atoms with van der Waals surface area (Å²) >= 11 is 0. The fraction of sp³-hybridized carbons (Fsp3) is 0.289. The van der Waals surface area contributed by atoms with E-state index < -0.39 is 5.97 Å². The van der Waals surface area contributed by atoms with E-state index in [9.17, 15) is 9.90 Å². The van der Waals surface area contributed by atoms with E-state index in [-0.39, 0.29) is 11.7 Å². The summed E-state index contributed by atoms with van der Waals surface area (Å²) in [4.78, 5) is 20.6. The van der Waals surface area contributed by atoms with Gasteiger partial charge in [0, 0.05) is 18.6 Å². The largest absolute Gasteiger partial charge is 0.494 e. The summed E-state index contributed by atoms with van der Waals surface area (Å²) in [7, 11) is 1.53. The smallest absolute Gasteiger partial charge is 0.335 e. The Morgan fingerprint density at radius 2 is 1.96 bits per heavy atom. The molecule has 0 radical (unpaired) electrons. The van der Waals surface area contributed by atoms with E-state index in [4.69, 9.17) is 30.5 Å². The maximum Gasteiger partial charge on any atom is 0.335 e. The topological polar surface area (TPSA) is 96.4 Å². The van der Waals surface area contributed by atoms with Crippen LogP contribution in [0.2, 0.25) is 0 Å². The molecule has 7 rings (SSSR count). The molecule has 47 heavy (non-hydrogen) atoms. The number of aryl methyl sites for hydroxylation is 2. The van der Waals surface area contributed by atoms with Gasteiger partial charge in [-0.05, 0) is 78.8 Å². The van der Waals surface area contributed by atoms with Crippen molar-refractivity contribution in [1.29, 1.82) is 0 Å². The van der Waals surface area contributed by atoms with E-state index >= 15 is 0 Å². The van der Waals surface area contributed by atoms with Gasteiger partial charge in [0.15, 0.2) is 5.69 Å². The van der Waals surface area contributed by atoms with Crippen LogP contribution in [0.1, 0.15) is 51.3 Å². The number of hydrogen-bond donors (Lipinski definition) is 1. The van der Waals surface area contributed by atoms with Gasteiger partial charge in [-0.15, -0.1) is 0 Å². The van der Waals surface area contributed by atoms with Crippen LogP contribution in [-0.2, 0) is 30.7 Å². The summed E-state index contributed by atoms with van der Waals surface area (Å²) in [6.45, 7) is 11.8. The number of imidazole rings is 1. The van der Waals surface area contributed by atoms with Crippen molar-refractivity contribution in [1.82, 2.24) is 9.55 Å². The minimum absolute atomic E-state index is 0.0322. The highest BCUT2D eigenvalue weighted by molar-refractivity contribution is 5.95. The third kappa shape index (κ3) is 6.12. The fourth-order valence-corrected chi connectivity index (χ4v) is 6.41. The van der Waals surface area contributed by atoms with Crippen molar-refractivity contribution in [3.8, 4) is 28.4 Å². The van der Waals surface area contributed by atoms with Gasteiger partial charge in [-0.1, -0.05) is 42.0 Å². The van der Waals surface area contributed by atoms with Crippen molar-refractivity contribution in [3.05, 3.63) is 112 Å². The minimum Gasteiger partial charge on any atom is -0.494 e. The Labute approximate surface area is 273 Å². The first-order valence-electron chi connectivity index (χ1n) is 15.8. The van der Waals surface area contributed by atoms with Crippen molar-refractivity contribution >= 4 is 22.7 Å². The quantitative estimate of drug-likeness (QED) is 0.194. The number of ether oxygens (including phenoxy) is 4. The lowest BCUT2D eigenvalue weighted by Gasteiger charge is -2.27. The van der Waals surface area contributed by atoms with Gasteiger partial charge < -0.3 is 28.6 Å². The Kier molecular flexibility index (Phi) is 8.27. The second-order valence-electron chi connectivity index (χ2n) is 12.1. The molecule has 0 amide bonds. The zero-order valence-electron chi connectivity index (χ0n) is 26.4. The normalized spacial score (nSPS) is 15.7. The fourth-order valence-electron chi connectivity index (χ4n) is 6.41. The molecule has 4 aromatic carbocycles. The number of aromatic nitrogens is 2. The van der Waals surface area contributed by atoms with E-state index in [2.05, 4.69) is 40.6 Å². The zero-order chi connectivity index (χ0) is 32.5. The molecular formula is C38H35N3O6. The molecule has 1 N–H and O–H groups in total. The molecule has 0 aliphatic carbocycles. The van der Waals surface area contributed by atoms with E-state index in [0.29, 0.717) is 55.3 Å². The van der Waals surface area contributed by atoms with Crippen LogP contribution < -0.4 is 14.2 Å². The van der Waals surface area contributed by atoms with E-state index in [1.165, 1.54) is 13.2 Å². The molecule has 2 aliphatic rings. The molecule has 238 valence electrons. The first-order valence-corrected chi connectivity index (χ1v) is 15.8. The second-order valence-corrected chi connectivity index (χ2v) is 12.1. The zero-order valence-corrected chi connectivity index (χ0v) is 26.4. The van der Waals surface area contributed by atoms with Crippen LogP contribution in [0, 0.1) is 13.5 Å². The highest BCUT2D eigenvalue weighted by Gasteiger charge is 2.25. The molecule has 1 atom stereocenters. The van der Waals surface area contributed by atoms with Gasteiger partial charge in [-0.2, -0.15) is 0 Å². The number of carboxylic acid groups (broad SMARTS) is 1. The molecule has 4 bridgehead atoms. The molecule has 2 aliphatic heterocycles. The highest BCUT2D eigenvalue weighted by Crippen LogP contribution is 2.36. The molecule has 1 saturated heterocycles. The lowest BCUT2D eigenvalue weighted by molar-refractivity contribution is -0.0589. The number of fused-ring (bicyclic) bond motifs is 7. The summed E-state index contributed by atoms with van der Waals surface area (Å²) < 4.78 is 26.3. The summed E-state index contributed by atoms with van der Waals surface area (Å²) in [5, 5.41) is 9.81. The first-order chi connectivity index (χ1) is 22.9. The average molecular weight is 630 g/mol. The maximum atomic E-state index is 12.0. The molecule has 5 aromatic rings. The Morgan fingerprint density at radius 1 is 1.09 bits per heavy atom. The molecule has 9 nitrogen and oxygen atoms in total. The number of nitrogens with zero attached hydrogens (tertiary/aromatic N) is 3. The van der Waals surface area contributed by atoms with Gasteiger partial charge in [-0.3, -0.25) is 0 Å². The van der Waals surface area contributed by atoms with Crippen LogP contribution >= 0.6 is 0 Å². The van der Waals surface area contributed by atoms with Crippen molar-refractivity contribution in [2.75, 3.05) is 20.3 Å². The van der Waals surface area contributed by atoms with Gasteiger partial charge >= 0.3 is 5.97 Å². The number of benzene rings is 4. The van der Waals surface area contributed by atoms with Crippen molar-refractivity contribution in [2.24, 2.45) is 0 Å². The second kappa shape index (κ2) is 12.8. The predicted molar refractivity (Wildman–Crippen MR) is 178 cm³/mol. The van der Waals surface area contributed by atoms with Crippen LogP contribution in [0.15, 0.2) is 66.7 Å². The van der Waals surface area contributed by atoms with Crippen molar-refractivity contribution in [3.63, 3.8) is 0 Å². The SMILES string of the molecule is [C-]#[N+]c1ccc2c(c1)CCCOc1cc(c(C)cc1Cc1nc3c(OC)cc(C(=O)O)cc3n1C[C@@H]1CCO1)-c1cccc(c1)OC2. The van der Waals surface area contributed by atoms with Gasteiger partial charge in [0.1, 0.15) is 35.2 Å². The Hall–Kier alpha value is -5.33. The maximum absolute atomic E-state index is 12.0. The molecular weight excluding hydrogens is 594 g/mol. The Morgan fingerprint density at radius 3 is 2.72 bits per heavy atom. The number of methoxy groups -OCH3 is 1. The van der Waals surface area contributed by atoms with E-state index in [1.807, 2.05) is 30.3 Å². The van der Waals surface area contributed by atoms with E-state index in [1.54, 1.807) is 6.07 Å². The number of carboxylic acids is 1. The number of carbonyl (C=O) groups is 1. The van der Waals surface area contributed by atoms with Crippen molar-refractivity contribution in [2.45, 2.75) is 51.9 Å². The third-order valence-electron chi connectivity index (χ3n) is 9.01. The first kappa shape index (κ1) is 30.3. The van der Waals surface area contributed by atoms with Gasteiger partial charge in [0.2, 0.25) is 0 Å². The van der Waals surface area contributed by atoms with Gasteiger partial charge in [0.25, 0.3) is 0 Å². The number of hydrogen-bond acceptors (Lipinski definition) is 6. The van der Waals surface area contributed by atoms with Crippen LogP contribution in [0.5, 0.6) is 17.2 Å². The third-order valence-corrected chi connectivity index (χ3v) is 9.01. The lowest BCUT2D eigenvalue weighted by Crippen LogP contribution is -2.31. The Bertz CT molecular complexity index is 2040. The van der Waals surface area contributed by atoms with Crippen molar-refractivity contribution < 1.29 is 28.8 Å². The van der Waals surface area contributed by atoms with Gasteiger partial charge in [-0.25, -0.2) is 14.6 Å². The highest BCUT2D eigenvalue weighted by atomic mass is 16.5. The van der Waals surface area contributed by atoms with E-state index in [0.717, 1.165) is 70.0 Å². The van der Waals surface area contributed by atoms with Crippen LogP contribution in [0.25, 0.3) is 27.0 Å². The molecule has 1 aromatic heterocycles. The van der Waals surface area contributed by atoms with Crippen LogP contribution in [0.4, 0.5) is 5.69 Å². The summed E-state index contributed by atoms with van der Waals surface area (Å²) in [5.41, 5.74) is 8.36. The molecule has 0 spiro atoms. The summed E-state index contributed by atoms with van der Waals surface area (Å²) in [5.74, 6) is 1.71. The lowest BCUT2D eigenvalue weighted by atomic mass is 9.96. The summed E-state index contributed by atoms with van der Waals surface area (Å²) in [6.07, 6.45) is 2.93. The minimum atomic E-state index is -1.02. The molecule has 9 heteroatoms. The number of aromatic carboxylic acids is 1. The van der Waals surface area contributed by atoms with Crippen LogP contribution in [-0.4, -0.2) is 47.1 Å². The Balaban J connectivity index is 1.30. The van der Waals surface area contributed by atoms with Gasteiger partial charge in [0.05, 0.1) is 44.0 Å². The standard InChI is InChI=1S/C38H35N3O6/c1-23-14-27(19-36-40-37-33(41(36)21-31-11-13-45-31)17-28(38(42)43)18-35(37)44-3)34-20-32(23)25-6-4-8-30(16-25)47-22-26-9-10-29(39-2)15-24(26)7-5-12-46-34/h4,6,8-10,14-18,20,31H,5,7,11-13,19,21-22H2,1,3H3,(H,42,43)/t31-/m0/s1. The average Bonchev–Trinajstić information content (AvgIpc) is 3.40. The molecule has 1 fully saturated rings. The molecule has 3 heterocycles.